The summed E-state index contributed by atoms with van der Waals surface area (Å²) in [4.78, 5) is 31.2. The number of nitrogens with one attached hydrogen (secondary N) is 1. The molecule has 8 heteroatoms. The predicted molar refractivity (Wildman–Crippen MR) is 147 cm³/mol. The predicted octanol–water partition coefficient (Wildman–Crippen LogP) is 4.56. The Balaban J connectivity index is 1.25. The zero-order valence-corrected chi connectivity index (χ0v) is 22.6. The number of urea groups is 1. The number of amides is 3. The first kappa shape index (κ1) is 25.9. The maximum atomic E-state index is 13.8. The third kappa shape index (κ3) is 5.04. The van der Waals surface area contributed by atoms with Crippen LogP contribution in [-0.4, -0.2) is 62.7 Å². The fraction of sp³-hybridized carbons (Fsp3) is 0.467. The summed E-state index contributed by atoms with van der Waals surface area (Å²) in [5, 5.41) is 11.7. The molecule has 0 saturated carbocycles. The van der Waals surface area contributed by atoms with Crippen molar-refractivity contribution < 1.29 is 9.59 Å². The number of likely N-dealkylation sites (tertiary alicyclic amines) is 2. The number of aromatic nitrogens is 3. The molecule has 1 aromatic heterocycles. The molecule has 1 atom stereocenters. The molecule has 2 aliphatic heterocycles. The van der Waals surface area contributed by atoms with Crippen molar-refractivity contribution in [2.24, 2.45) is 0 Å². The first-order valence-electron chi connectivity index (χ1n) is 13.7. The van der Waals surface area contributed by atoms with Gasteiger partial charge in [0.15, 0.2) is 0 Å². The molecule has 2 fully saturated rings. The number of aryl methyl sites for hydroxylation is 2. The fourth-order valence-corrected chi connectivity index (χ4v) is 6.16. The van der Waals surface area contributed by atoms with Crippen LogP contribution in [0.25, 0.3) is 0 Å². The quantitative estimate of drug-likeness (QED) is 0.541. The highest BCUT2D eigenvalue weighted by Gasteiger charge is 2.44. The van der Waals surface area contributed by atoms with E-state index < -0.39 is 5.41 Å². The molecule has 0 radical (unpaired) electrons. The Morgan fingerprint density at radius 2 is 1.37 bits per heavy atom. The zero-order valence-electron chi connectivity index (χ0n) is 22.6. The van der Waals surface area contributed by atoms with Gasteiger partial charge in [-0.3, -0.25) is 4.79 Å². The number of carbonyl (C=O) groups excluding carboxylic acids is 2. The summed E-state index contributed by atoms with van der Waals surface area (Å²) < 4.78 is 2.20. The van der Waals surface area contributed by atoms with E-state index in [1.165, 1.54) is 0 Å². The Bertz CT molecular complexity index is 1220. The van der Waals surface area contributed by atoms with Crippen LogP contribution in [0.4, 0.5) is 4.79 Å². The van der Waals surface area contributed by atoms with E-state index >= 15 is 0 Å². The van der Waals surface area contributed by atoms with E-state index in [0.717, 1.165) is 48.7 Å². The Morgan fingerprint density at radius 1 is 0.842 bits per heavy atom. The molecule has 38 heavy (non-hydrogen) atoms. The monoisotopic (exact) mass is 514 g/mol. The molecular formula is C30H38N6O2. The van der Waals surface area contributed by atoms with E-state index in [9.17, 15) is 9.59 Å². The zero-order chi connectivity index (χ0) is 26.7. The summed E-state index contributed by atoms with van der Waals surface area (Å²) in [7, 11) is 0. The lowest BCUT2D eigenvalue weighted by atomic mass is 9.71. The smallest absolute Gasteiger partial charge is 0.320 e. The van der Waals surface area contributed by atoms with Gasteiger partial charge >= 0.3 is 6.03 Å². The summed E-state index contributed by atoms with van der Waals surface area (Å²) in [5.41, 5.74) is 1.44. The van der Waals surface area contributed by atoms with Crippen molar-refractivity contribution >= 4 is 11.9 Å². The van der Waals surface area contributed by atoms with E-state index in [-0.39, 0.29) is 18.0 Å². The second kappa shape index (κ2) is 11.0. The third-order valence-electron chi connectivity index (χ3n) is 8.43. The van der Waals surface area contributed by atoms with Crippen LogP contribution < -0.4 is 5.32 Å². The molecule has 8 nitrogen and oxygen atoms in total. The molecule has 2 saturated heterocycles. The van der Waals surface area contributed by atoms with E-state index in [4.69, 9.17) is 0 Å². The lowest BCUT2D eigenvalue weighted by molar-refractivity contribution is -0.129. The van der Waals surface area contributed by atoms with Gasteiger partial charge in [0.25, 0.3) is 0 Å². The van der Waals surface area contributed by atoms with Crippen LogP contribution in [0.15, 0.2) is 60.7 Å². The second-order valence-electron chi connectivity index (χ2n) is 10.7. The minimum absolute atomic E-state index is 0.0349. The molecule has 3 aromatic rings. The van der Waals surface area contributed by atoms with Crippen molar-refractivity contribution in [2.45, 2.75) is 64.0 Å². The summed E-state index contributed by atoms with van der Waals surface area (Å²) >= 11 is 0. The van der Waals surface area contributed by atoms with Gasteiger partial charge in [-0.1, -0.05) is 60.7 Å². The Hall–Kier alpha value is -3.68. The summed E-state index contributed by atoms with van der Waals surface area (Å²) in [5.74, 6) is 1.90. The molecule has 5 rings (SSSR count). The van der Waals surface area contributed by atoms with Crippen molar-refractivity contribution in [3.05, 3.63) is 83.4 Å². The van der Waals surface area contributed by atoms with Crippen LogP contribution in [0, 0.1) is 13.8 Å². The minimum atomic E-state index is -0.655. The average molecular weight is 515 g/mol. The number of hydrogen-bond donors (Lipinski definition) is 1. The summed E-state index contributed by atoms with van der Waals surface area (Å²) in [6.45, 7) is 8.56. The van der Waals surface area contributed by atoms with Gasteiger partial charge in [-0.2, -0.15) is 0 Å². The van der Waals surface area contributed by atoms with Crippen molar-refractivity contribution in [1.82, 2.24) is 29.9 Å². The van der Waals surface area contributed by atoms with Crippen LogP contribution in [0.3, 0.4) is 0 Å². The number of rotatable bonds is 5. The highest BCUT2D eigenvalue weighted by Crippen LogP contribution is 2.37. The summed E-state index contributed by atoms with van der Waals surface area (Å²) in [6.07, 6.45) is 3.00. The lowest BCUT2D eigenvalue weighted by Gasteiger charge is -2.43. The Labute approximate surface area is 225 Å². The molecule has 0 unspecified atom stereocenters. The van der Waals surface area contributed by atoms with Crippen LogP contribution in [0.1, 0.15) is 67.5 Å². The largest absolute Gasteiger partial charge is 0.349 e. The Kier molecular flexibility index (Phi) is 7.49. The minimum Gasteiger partial charge on any atom is -0.349 e. The molecule has 2 aliphatic rings. The van der Waals surface area contributed by atoms with Gasteiger partial charge in [-0.15, -0.1) is 10.2 Å². The van der Waals surface area contributed by atoms with E-state index in [2.05, 4.69) is 20.1 Å². The van der Waals surface area contributed by atoms with Gasteiger partial charge in [0.2, 0.25) is 5.91 Å². The number of carbonyl (C=O) groups is 2. The second-order valence-corrected chi connectivity index (χ2v) is 10.7. The van der Waals surface area contributed by atoms with Crippen molar-refractivity contribution in [2.75, 3.05) is 26.2 Å². The molecule has 2 aromatic carbocycles. The van der Waals surface area contributed by atoms with Crippen molar-refractivity contribution in [1.29, 1.82) is 0 Å². The number of benzene rings is 2. The van der Waals surface area contributed by atoms with Gasteiger partial charge in [0, 0.05) is 32.2 Å². The normalized spacial score (nSPS) is 18.7. The molecule has 3 heterocycles. The molecule has 1 N–H and O–H groups in total. The van der Waals surface area contributed by atoms with Crippen molar-refractivity contribution in [3.8, 4) is 0 Å². The molecule has 200 valence electrons. The van der Waals surface area contributed by atoms with Crippen LogP contribution in [0.5, 0.6) is 0 Å². The van der Waals surface area contributed by atoms with E-state index in [1.807, 2.05) is 91.2 Å². The van der Waals surface area contributed by atoms with Gasteiger partial charge in [0.05, 0.1) is 11.5 Å². The topological polar surface area (TPSA) is 83.4 Å². The van der Waals surface area contributed by atoms with Gasteiger partial charge in [-0.25, -0.2) is 4.79 Å². The molecule has 3 amide bonds. The highest BCUT2D eigenvalue weighted by atomic mass is 16.2. The average Bonchev–Trinajstić information content (AvgIpc) is 3.31. The van der Waals surface area contributed by atoms with Gasteiger partial charge in [-0.05, 0) is 57.6 Å². The van der Waals surface area contributed by atoms with Gasteiger partial charge < -0.3 is 19.7 Å². The number of piperidine rings is 2. The molecule has 0 aliphatic carbocycles. The van der Waals surface area contributed by atoms with Crippen molar-refractivity contribution in [3.63, 3.8) is 0 Å². The van der Waals surface area contributed by atoms with E-state index in [0.29, 0.717) is 32.0 Å². The maximum Gasteiger partial charge on any atom is 0.320 e. The van der Waals surface area contributed by atoms with Gasteiger partial charge in [0.1, 0.15) is 11.6 Å². The fourth-order valence-electron chi connectivity index (χ4n) is 6.16. The van der Waals surface area contributed by atoms with E-state index in [1.54, 1.807) is 0 Å². The number of hydrogen-bond acceptors (Lipinski definition) is 4. The first-order chi connectivity index (χ1) is 18.4. The molecule has 0 bridgehead atoms. The highest BCUT2D eigenvalue weighted by molar-refractivity contribution is 5.89. The standard InChI is InChI=1S/C30H38N6O2/c1-22(25-10-6-4-7-11-25)31-28(37)30(26-12-8-5-9-13-26)16-20-35(21-17-30)29(38)34-18-14-27(15-19-34)36-23(2)32-33-24(36)3/h4-13,22,27H,14-21H2,1-3H3,(H,31,37)/t22-/m0/s1. The third-order valence-corrected chi connectivity index (χ3v) is 8.43. The summed E-state index contributed by atoms with van der Waals surface area (Å²) in [6, 6.07) is 20.4. The lowest BCUT2D eigenvalue weighted by Crippen LogP contribution is -2.55. The molecular weight excluding hydrogens is 476 g/mol. The Morgan fingerprint density at radius 3 is 1.95 bits per heavy atom. The number of nitrogens with zero attached hydrogens (tertiary/aromatic N) is 5. The SMILES string of the molecule is Cc1nnc(C)n1C1CCN(C(=O)N2CCC(C(=O)N[C@@H](C)c3ccccc3)(c3ccccc3)CC2)CC1. The first-order valence-corrected chi connectivity index (χ1v) is 13.7. The van der Waals surface area contributed by atoms with Crippen LogP contribution in [0.2, 0.25) is 0 Å². The maximum absolute atomic E-state index is 13.8. The molecule has 0 spiro atoms. The van der Waals surface area contributed by atoms with Crippen LogP contribution >= 0.6 is 0 Å². The van der Waals surface area contributed by atoms with Crippen LogP contribution in [-0.2, 0) is 10.2 Å².